The van der Waals surface area contributed by atoms with Gasteiger partial charge in [0.15, 0.2) is 0 Å². The van der Waals surface area contributed by atoms with E-state index in [4.69, 9.17) is 0 Å². The minimum Gasteiger partial charge on any atom is -0.326 e. The topological polar surface area (TPSA) is 49.4 Å². The van der Waals surface area contributed by atoms with Gasteiger partial charge >= 0.3 is 0 Å². The van der Waals surface area contributed by atoms with Gasteiger partial charge in [0.2, 0.25) is 11.8 Å². The van der Waals surface area contributed by atoms with Gasteiger partial charge in [-0.05, 0) is 40.8 Å². The van der Waals surface area contributed by atoms with E-state index in [-0.39, 0.29) is 22.6 Å². The Labute approximate surface area is 159 Å². The molecule has 2 amide bonds. The fourth-order valence-corrected chi connectivity index (χ4v) is 4.18. The molecule has 1 N–H and O–H groups in total. The Kier molecular flexibility index (Phi) is 5.10. The molecule has 2 aromatic rings. The van der Waals surface area contributed by atoms with E-state index in [0.29, 0.717) is 5.75 Å². The highest BCUT2D eigenvalue weighted by Crippen LogP contribution is 2.42. The van der Waals surface area contributed by atoms with Crippen LogP contribution in [0.1, 0.15) is 44.2 Å². The van der Waals surface area contributed by atoms with Crippen LogP contribution in [0.5, 0.6) is 0 Å². The number of nitrogens with zero attached hydrogens (tertiary/aromatic N) is 1. The summed E-state index contributed by atoms with van der Waals surface area (Å²) in [6, 6.07) is 16.0. The molecule has 1 aliphatic rings. The van der Waals surface area contributed by atoms with E-state index in [1.54, 1.807) is 11.8 Å². The molecule has 5 heteroatoms. The van der Waals surface area contributed by atoms with Crippen LogP contribution in [0.2, 0.25) is 0 Å². The Morgan fingerprint density at radius 2 is 1.69 bits per heavy atom. The van der Waals surface area contributed by atoms with E-state index in [0.717, 1.165) is 16.9 Å². The average molecular weight is 369 g/mol. The molecule has 136 valence electrons. The van der Waals surface area contributed by atoms with E-state index in [1.807, 2.05) is 41.3 Å². The van der Waals surface area contributed by atoms with Gasteiger partial charge in [-0.3, -0.25) is 14.5 Å². The molecule has 0 bridgehead atoms. The zero-order valence-corrected chi connectivity index (χ0v) is 16.4. The van der Waals surface area contributed by atoms with E-state index < -0.39 is 0 Å². The summed E-state index contributed by atoms with van der Waals surface area (Å²) in [6.45, 7) is 8.03. The van der Waals surface area contributed by atoms with Gasteiger partial charge in [-0.15, -0.1) is 11.8 Å². The summed E-state index contributed by atoms with van der Waals surface area (Å²) in [7, 11) is 0. The van der Waals surface area contributed by atoms with Gasteiger partial charge in [-0.2, -0.15) is 0 Å². The number of nitrogens with one attached hydrogen (secondary N) is 1. The monoisotopic (exact) mass is 368 g/mol. The molecule has 1 atom stereocenters. The minimum absolute atomic E-state index is 0.0469. The molecule has 26 heavy (non-hydrogen) atoms. The van der Waals surface area contributed by atoms with Gasteiger partial charge < -0.3 is 5.32 Å². The maximum absolute atomic E-state index is 12.5. The Morgan fingerprint density at radius 3 is 2.23 bits per heavy atom. The summed E-state index contributed by atoms with van der Waals surface area (Å²) in [5, 5.41) is 2.72. The van der Waals surface area contributed by atoms with Crippen molar-refractivity contribution >= 4 is 35.0 Å². The van der Waals surface area contributed by atoms with Crippen molar-refractivity contribution < 1.29 is 9.59 Å². The second kappa shape index (κ2) is 7.16. The third-order valence-electron chi connectivity index (χ3n) is 4.40. The van der Waals surface area contributed by atoms with Crippen LogP contribution >= 0.6 is 11.8 Å². The molecule has 0 aromatic heterocycles. The highest BCUT2D eigenvalue weighted by atomic mass is 32.2. The van der Waals surface area contributed by atoms with Crippen LogP contribution in [0, 0.1) is 0 Å². The number of hydrogen-bond acceptors (Lipinski definition) is 3. The number of hydrogen-bond donors (Lipinski definition) is 1. The second-order valence-electron chi connectivity index (χ2n) is 7.53. The Hall–Kier alpha value is -2.27. The van der Waals surface area contributed by atoms with Crippen molar-refractivity contribution in [3.05, 3.63) is 59.7 Å². The number of carbonyl (C=O) groups is 2. The largest absolute Gasteiger partial charge is 0.326 e. The highest BCUT2D eigenvalue weighted by molar-refractivity contribution is 8.00. The molecule has 1 fully saturated rings. The summed E-state index contributed by atoms with van der Waals surface area (Å²) in [5.74, 6) is 0.497. The van der Waals surface area contributed by atoms with Gasteiger partial charge in [0.1, 0.15) is 5.37 Å². The Morgan fingerprint density at radius 1 is 1.08 bits per heavy atom. The molecular formula is C21H24N2O2S. The van der Waals surface area contributed by atoms with Gasteiger partial charge in [0.05, 0.1) is 5.75 Å². The lowest BCUT2D eigenvalue weighted by Crippen LogP contribution is -2.28. The lowest BCUT2D eigenvalue weighted by molar-refractivity contribution is -0.116. The SMILES string of the molecule is CC(=O)Nc1ccc([C@H]2SCC(=O)N2c2ccc(C(C)(C)C)cc2)cc1. The van der Waals surface area contributed by atoms with Gasteiger partial charge in [0, 0.05) is 18.3 Å². The van der Waals surface area contributed by atoms with Crippen molar-refractivity contribution in [2.75, 3.05) is 16.0 Å². The molecule has 1 saturated heterocycles. The van der Waals surface area contributed by atoms with Crippen molar-refractivity contribution in [3.8, 4) is 0 Å². The number of benzene rings is 2. The normalized spacial score (nSPS) is 17.5. The lowest BCUT2D eigenvalue weighted by Gasteiger charge is -2.26. The third-order valence-corrected chi connectivity index (χ3v) is 5.61. The molecule has 1 heterocycles. The zero-order valence-electron chi connectivity index (χ0n) is 15.6. The van der Waals surface area contributed by atoms with Crippen molar-refractivity contribution in [3.63, 3.8) is 0 Å². The average Bonchev–Trinajstić information content (AvgIpc) is 2.96. The lowest BCUT2D eigenvalue weighted by atomic mass is 9.87. The molecule has 0 radical (unpaired) electrons. The molecule has 0 saturated carbocycles. The molecule has 4 nitrogen and oxygen atoms in total. The molecular weight excluding hydrogens is 344 g/mol. The number of amides is 2. The number of thioether (sulfide) groups is 1. The second-order valence-corrected chi connectivity index (χ2v) is 8.60. The third kappa shape index (κ3) is 3.93. The quantitative estimate of drug-likeness (QED) is 0.853. The van der Waals surface area contributed by atoms with E-state index in [1.165, 1.54) is 12.5 Å². The maximum atomic E-state index is 12.5. The van der Waals surface area contributed by atoms with Crippen LogP contribution in [-0.2, 0) is 15.0 Å². The maximum Gasteiger partial charge on any atom is 0.238 e. The van der Waals surface area contributed by atoms with Gasteiger partial charge in [0.25, 0.3) is 0 Å². The van der Waals surface area contributed by atoms with Crippen molar-refractivity contribution in [2.45, 2.75) is 38.5 Å². The Balaban J connectivity index is 1.86. The molecule has 3 rings (SSSR count). The predicted molar refractivity (Wildman–Crippen MR) is 109 cm³/mol. The first kappa shape index (κ1) is 18.5. The summed E-state index contributed by atoms with van der Waals surface area (Å²) >= 11 is 1.63. The summed E-state index contributed by atoms with van der Waals surface area (Å²) in [4.78, 5) is 25.5. The van der Waals surface area contributed by atoms with Crippen LogP contribution in [0.4, 0.5) is 11.4 Å². The molecule has 2 aromatic carbocycles. The number of anilines is 2. The summed E-state index contributed by atoms with van der Waals surface area (Å²) < 4.78 is 0. The Bertz CT molecular complexity index is 807. The predicted octanol–water partition coefficient (Wildman–Crippen LogP) is 4.72. The highest BCUT2D eigenvalue weighted by Gasteiger charge is 2.34. The zero-order chi connectivity index (χ0) is 18.9. The molecule has 0 aliphatic carbocycles. The molecule has 1 aliphatic heterocycles. The van der Waals surface area contributed by atoms with Gasteiger partial charge in [-0.25, -0.2) is 0 Å². The molecule has 0 unspecified atom stereocenters. The van der Waals surface area contributed by atoms with E-state index in [2.05, 4.69) is 38.2 Å². The van der Waals surface area contributed by atoms with Crippen LogP contribution in [-0.4, -0.2) is 17.6 Å². The first-order valence-corrected chi connectivity index (χ1v) is 9.72. The van der Waals surface area contributed by atoms with Crippen molar-refractivity contribution in [1.29, 1.82) is 0 Å². The van der Waals surface area contributed by atoms with Crippen LogP contribution in [0.25, 0.3) is 0 Å². The fourth-order valence-electron chi connectivity index (χ4n) is 3.01. The van der Waals surface area contributed by atoms with Crippen molar-refractivity contribution in [2.24, 2.45) is 0 Å². The number of rotatable bonds is 3. The first-order valence-electron chi connectivity index (χ1n) is 8.67. The molecule has 0 spiro atoms. The summed E-state index contributed by atoms with van der Waals surface area (Å²) in [5.41, 5.74) is 4.06. The van der Waals surface area contributed by atoms with Crippen LogP contribution in [0.15, 0.2) is 48.5 Å². The van der Waals surface area contributed by atoms with E-state index >= 15 is 0 Å². The first-order chi connectivity index (χ1) is 12.3. The van der Waals surface area contributed by atoms with E-state index in [9.17, 15) is 9.59 Å². The number of carbonyl (C=O) groups excluding carboxylic acids is 2. The van der Waals surface area contributed by atoms with Crippen LogP contribution < -0.4 is 10.2 Å². The smallest absolute Gasteiger partial charge is 0.238 e. The van der Waals surface area contributed by atoms with Gasteiger partial charge in [-0.1, -0.05) is 45.0 Å². The summed E-state index contributed by atoms with van der Waals surface area (Å²) in [6.07, 6.45) is 0. The standard InChI is InChI=1S/C21H24N2O2S/c1-14(24)22-17-9-5-15(6-10-17)20-23(19(25)13-26-20)18-11-7-16(8-12-18)21(2,3)4/h5-12,20H,13H2,1-4H3,(H,22,24)/t20-/m1/s1. The van der Waals surface area contributed by atoms with Crippen molar-refractivity contribution in [1.82, 2.24) is 0 Å². The fraction of sp³-hybridized carbons (Fsp3) is 0.333. The van der Waals surface area contributed by atoms with Crippen LogP contribution in [0.3, 0.4) is 0 Å². The minimum atomic E-state index is -0.0938.